The van der Waals surface area contributed by atoms with Gasteiger partial charge < -0.3 is 14.3 Å². The van der Waals surface area contributed by atoms with Crippen LogP contribution in [-0.4, -0.2) is 11.1 Å². The number of carboxylic acids is 1. The van der Waals surface area contributed by atoms with Gasteiger partial charge in [-0.05, 0) is 30.5 Å². The topological polar surface area (TPSA) is 76.7 Å². The van der Waals surface area contributed by atoms with Gasteiger partial charge in [0, 0.05) is 17.2 Å². The van der Waals surface area contributed by atoms with Gasteiger partial charge in [-0.15, -0.1) is 0 Å². The molecule has 2 aromatic carbocycles. The van der Waals surface area contributed by atoms with Crippen LogP contribution in [-0.2, 0) is 5.60 Å². The fourth-order valence-corrected chi connectivity index (χ4v) is 4.32. The van der Waals surface area contributed by atoms with Crippen molar-refractivity contribution in [1.82, 2.24) is 0 Å². The fourth-order valence-electron chi connectivity index (χ4n) is 4.32. The van der Waals surface area contributed by atoms with E-state index in [0.29, 0.717) is 11.1 Å². The van der Waals surface area contributed by atoms with Crippen LogP contribution in [0.5, 0.6) is 5.75 Å². The smallest absolute Gasteiger partial charge is 0.371 e. The van der Waals surface area contributed by atoms with Gasteiger partial charge in [-0.2, -0.15) is 0 Å². The Morgan fingerprint density at radius 3 is 2.43 bits per heavy atom. The molecule has 144 valence electrons. The first-order valence-electron chi connectivity index (χ1n) is 9.64. The number of hydrogen-bond acceptors (Lipinski definition) is 4. The molecule has 0 spiro atoms. The summed E-state index contributed by atoms with van der Waals surface area (Å²) in [6.45, 7) is 4.24. The average Bonchev–Trinajstić information content (AvgIpc) is 2.68. The Balaban J connectivity index is 2.06. The third-order valence-electron chi connectivity index (χ3n) is 5.37. The number of carbonyl (C=O) groups is 1. The predicted octanol–water partition coefficient (Wildman–Crippen LogP) is 5.35. The monoisotopic (exact) mass is 378 g/mol. The summed E-state index contributed by atoms with van der Waals surface area (Å²) in [5, 5.41) is 9.50. The molecule has 2 heterocycles. The van der Waals surface area contributed by atoms with Gasteiger partial charge in [0.2, 0.25) is 5.76 Å². The molecular formula is C23H22O5. The molecule has 0 radical (unpaired) electrons. The first kappa shape index (κ1) is 18.3. The van der Waals surface area contributed by atoms with Crippen molar-refractivity contribution < 1.29 is 19.1 Å². The molecule has 3 aromatic rings. The zero-order chi connectivity index (χ0) is 19.9. The third-order valence-corrected chi connectivity index (χ3v) is 5.37. The lowest BCUT2D eigenvalue weighted by molar-refractivity contribution is 0.0442. The van der Waals surface area contributed by atoms with Crippen LogP contribution in [0.25, 0.3) is 22.1 Å². The van der Waals surface area contributed by atoms with Gasteiger partial charge >= 0.3 is 5.97 Å². The number of hydrogen-bond donors (Lipinski definition) is 1. The Bertz CT molecular complexity index is 1120. The molecule has 1 N–H and O–H groups in total. The Morgan fingerprint density at radius 1 is 1.04 bits per heavy atom. The minimum Gasteiger partial charge on any atom is -0.481 e. The molecule has 1 aromatic heterocycles. The highest BCUT2D eigenvalue weighted by atomic mass is 16.5. The number of fused-ring (bicyclic) bond motifs is 5. The molecule has 0 aliphatic carbocycles. The third kappa shape index (κ3) is 2.70. The van der Waals surface area contributed by atoms with Crippen LogP contribution in [0.2, 0.25) is 0 Å². The molecule has 0 amide bonds. The lowest BCUT2D eigenvalue weighted by Crippen LogP contribution is -2.36. The number of carboxylic acid groups (broad SMARTS) is 1. The summed E-state index contributed by atoms with van der Waals surface area (Å²) in [6, 6.07) is 12.7. The van der Waals surface area contributed by atoms with Crippen LogP contribution in [0.3, 0.4) is 0 Å². The van der Waals surface area contributed by atoms with E-state index >= 15 is 0 Å². The largest absolute Gasteiger partial charge is 0.481 e. The van der Waals surface area contributed by atoms with Crippen molar-refractivity contribution in [3.63, 3.8) is 0 Å². The van der Waals surface area contributed by atoms with Crippen molar-refractivity contribution >= 4 is 16.9 Å². The molecule has 1 aliphatic rings. The second-order valence-corrected chi connectivity index (χ2v) is 7.24. The maximum atomic E-state index is 12.8. The normalized spacial score (nSPS) is 14.2. The summed E-state index contributed by atoms with van der Waals surface area (Å²) >= 11 is 0. The van der Waals surface area contributed by atoms with E-state index in [9.17, 15) is 14.7 Å². The minimum atomic E-state index is -1.27. The summed E-state index contributed by atoms with van der Waals surface area (Å²) in [5.74, 6) is -1.15. The van der Waals surface area contributed by atoms with Gasteiger partial charge in [0.15, 0.2) is 5.43 Å². The van der Waals surface area contributed by atoms with Gasteiger partial charge in [-0.1, -0.05) is 51.0 Å². The lowest BCUT2D eigenvalue weighted by Gasteiger charge is -2.41. The molecule has 28 heavy (non-hydrogen) atoms. The Labute approximate surface area is 162 Å². The van der Waals surface area contributed by atoms with Crippen LogP contribution in [0.1, 0.15) is 55.6 Å². The predicted molar refractivity (Wildman–Crippen MR) is 107 cm³/mol. The van der Waals surface area contributed by atoms with Crippen LogP contribution < -0.4 is 10.2 Å². The minimum absolute atomic E-state index is 0.227. The van der Waals surface area contributed by atoms with E-state index in [1.807, 2.05) is 18.2 Å². The molecule has 4 rings (SSSR count). The van der Waals surface area contributed by atoms with Crippen molar-refractivity contribution in [2.24, 2.45) is 0 Å². The molecule has 1 aliphatic heterocycles. The SMILES string of the molecule is CCCC1(CCC)Oc2c(ccc3oc(C(=O)O)cc(=O)c23)-c2ccccc21. The van der Waals surface area contributed by atoms with E-state index in [-0.39, 0.29) is 11.3 Å². The molecule has 0 bridgehead atoms. The molecule has 0 fully saturated rings. The van der Waals surface area contributed by atoms with Crippen LogP contribution in [0, 0.1) is 0 Å². The molecule has 0 saturated heterocycles. The molecule has 0 atom stereocenters. The molecular weight excluding hydrogens is 356 g/mol. The quantitative estimate of drug-likeness (QED) is 0.648. The number of benzene rings is 2. The fraction of sp³-hybridized carbons (Fsp3) is 0.304. The highest BCUT2D eigenvalue weighted by Gasteiger charge is 2.40. The first-order chi connectivity index (χ1) is 13.5. The van der Waals surface area contributed by atoms with E-state index in [0.717, 1.165) is 48.4 Å². The summed E-state index contributed by atoms with van der Waals surface area (Å²) in [6.07, 6.45) is 3.52. The van der Waals surface area contributed by atoms with Crippen molar-refractivity contribution in [3.8, 4) is 16.9 Å². The molecule has 5 nitrogen and oxygen atoms in total. The van der Waals surface area contributed by atoms with Gasteiger partial charge in [0.25, 0.3) is 0 Å². The summed E-state index contributed by atoms with van der Waals surface area (Å²) in [7, 11) is 0. The van der Waals surface area contributed by atoms with Gasteiger partial charge in [0.1, 0.15) is 22.3 Å². The van der Waals surface area contributed by atoms with E-state index in [4.69, 9.17) is 9.15 Å². The lowest BCUT2D eigenvalue weighted by atomic mass is 9.78. The zero-order valence-electron chi connectivity index (χ0n) is 16.0. The standard InChI is InChI=1S/C23H22O5/c1-3-11-23(12-4-2)16-8-6-5-7-14(16)15-9-10-18-20(21(15)28-23)17(24)13-19(27-18)22(25)26/h5-10,13H,3-4,11-12H2,1-2H3,(H,25,26). The van der Waals surface area contributed by atoms with Gasteiger partial charge in [0.05, 0.1) is 0 Å². The number of aromatic carboxylic acids is 1. The van der Waals surface area contributed by atoms with Crippen molar-refractivity contribution in [3.05, 3.63) is 64.0 Å². The van der Waals surface area contributed by atoms with Crippen molar-refractivity contribution in [1.29, 1.82) is 0 Å². The Morgan fingerprint density at radius 2 is 1.75 bits per heavy atom. The second kappa shape index (κ2) is 6.82. The highest BCUT2D eigenvalue weighted by Crippen LogP contribution is 2.51. The molecule has 0 unspecified atom stereocenters. The first-order valence-corrected chi connectivity index (χ1v) is 9.64. The van der Waals surface area contributed by atoms with Gasteiger partial charge in [-0.3, -0.25) is 4.79 Å². The second-order valence-electron chi connectivity index (χ2n) is 7.24. The summed E-state index contributed by atoms with van der Waals surface area (Å²) in [5.41, 5.74) is 2.33. The Kier molecular flexibility index (Phi) is 4.46. The summed E-state index contributed by atoms with van der Waals surface area (Å²) in [4.78, 5) is 24.1. The zero-order valence-corrected chi connectivity index (χ0v) is 16.0. The van der Waals surface area contributed by atoms with Crippen molar-refractivity contribution in [2.75, 3.05) is 0 Å². The number of rotatable bonds is 5. The highest BCUT2D eigenvalue weighted by molar-refractivity contribution is 5.95. The van der Waals surface area contributed by atoms with Gasteiger partial charge in [-0.25, -0.2) is 4.79 Å². The maximum absolute atomic E-state index is 12.8. The molecule has 0 saturated carbocycles. The van der Waals surface area contributed by atoms with E-state index in [1.54, 1.807) is 6.07 Å². The van der Waals surface area contributed by atoms with Crippen LogP contribution in [0.4, 0.5) is 0 Å². The maximum Gasteiger partial charge on any atom is 0.371 e. The van der Waals surface area contributed by atoms with Crippen LogP contribution >= 0.6 is 0 Å². The van der Waals surface area contributed by atoms with E-state index in [2.05, 4.69) is 26.0 Å². The van der Waals surface area contributed by atoms with Crippen LogP contribution in [0.15, 0.2) is 51.7 Å². The van der Waals surface area contributed by atoms with E-state index in [1.165, 1.54) is 0 Å². The summed E-state index contributed by atoms with van der Waals surface area (Å²) < 4.78 is 12.1. The van der Waals surface area contributed by atoms with E-state index < -0.39 is 17.0 Å². The average molecular weight is 378 g/mol. The Hall–Kier alpha value is -3.08. The number of ether oxygens (including phenoxy) is 1. The van der Waals surface area contributed by atoms with Crippen molar-refractivity contribution in [2.45, 2.75) is 45.1 Å². The molecule has 5 heteroatoms.